The SMILES string of the molecule is C[C@H]1CCc2nc3ncn(Cc4cccc(Cl)c4)c(=O)c3cc2C1. The van der Waals surface area contributed by atoms with Crippen molar-refractivity contribution in [1.82, 2.24) is 14.5 Å². The number of hydrogen-bond donors (Lipinski definition) is 0. The van der Waals surface area contributed by atoms with Crippen molar-refractivity contribution in [3.05, 3.63) is 68.9 Å². The third kappa shape index (κ3) is 2.82. The largest absolute Gasteiger partial charge is 0.294 e. The zero-order valence-corrected chi connectivity index (χ0v) is 14.3. The third-order valence-corrected chi connectivity index (χ3v) is 4.90. The molecule has 5 heteroatoms. The molecule has 1 aliphatic rings. The van der Waals surface area contributed by atoms with Gasteiger partial charge in [0.1, 0.15) is 6.33 Å². The van der Waals surface area contributed by atoms with E-state index in [1.54, 1.807) is 10.9 Å². The molecule has 0 saturated carbocycles. The average molecular weight is 340 g/mol. The lowest BCUT2D eigenvalue weighted by Crippen LogP contribution is -2.23. The Labute approximate surface area is 145 Å². The van der Waals surface area contributed by atoms with E-state index in [1.165, 1.54) is 5.56 Å². The second-order valence-electron chi connectivity index (χ2n) is 6.62. The van der Waals surface area contributed by atoms with Gasteiger partial charge in [0.25, 0.3) is 5.56 Å². The molecule has 0 saturated heterocycles. The molecule has 4 rings (SSSR count). The highest BCUT2D eigenvalue weighted by molar-refractivity contribution is 6.30. The molecule has 3 aromatic rings. The van der Waals surface area contributed by atoms with Gasteiger partial charge in [-0.25, -0.2) is 9.97 Å². The first-order valence-electron chi connectivity index (χ1n) is 8.22. The zero-order valence-electron chi connectivity index (χ0n) is 13.5. The minimum atomic E-state index is -0.0477. The summed E-state index contributed by atoms with van der Waals surface area (Å²) >= 11 is 6.03. The Bertz CT molecular complexity index is 980. The van der Waals surface area contributed by atoms with Gasteiger partial charge in [0.2, 0.25) is 0 Å². The smallest absolute Gasteiger partial charge is 0.263 e. The zero-order chi connectivity index (χ0) is 16.7. The van der Waals surface area contributed by atoms with Gasteiger partial charge in [0.15, 0.2) is 5.65 Å². The summed E-state index contributed by atoms with van der Waals surface area (Å²) in [7, 11) is 0. The van der Waals surface area contributed by atoms with Crippen LogP contribution in [0.15, 0.2) is 41.5 Å². The van der Waals surface area contributed by atoms with E-state index in [2.05, 4.69) is 16.9 Å². The Balaban J connectivity index is 1.78. The number of rotatable bonds is 2. The Hall–Kier alpha value is -2.20. The fraction of sp³-hybridized carbons (Fsp3) is 0.316. The summed E-state index contributed by atoms with van der Waals surface area (Å²) in [6.45, 7) is 2.70. The minimum absolute atomic E-state index is 0.0477. The van der Waals surface area contributed by atoms with Crippen molar-refractivity contribution in [3.63, 3.8) is 0 Å². The second kappa shape index (κ2) is 6.02. The van der Waals surface area contributed by atoms with Crippen LogP contribution in [-0.2, 0) is 19.4 Å². The number of hydrogen-bond acceptors (Lipinski definition) is 3. The van der Waals surface area contributed by atoms with Crippen molar-refractivity contribution >= 4 is 22.6 Å². The van der Waals surface area contributed by atoms with Crippen LogP contribution in [0.3, 0.4) is 0 Å². The summed E-state index contributed by atoms with van der Waals surface area (Å²) in [6, 6.07) is 9.53. The van der Waals surface area contributed by atoms with Crippen LogP contribution in [0.5, 0.6) is 0 Å². The molecule has 2 aromatic heterocycles. The van der Waals surface area contributed by atoms with Gasteiger partial charge < -0.3 is 0 Å². The first-order chi connectivity index (χ1) is 11.6. The molecule has 0 amide bonds. The maximum absolute atomic E-state index is 12.8. The van der Waals surface area contributed by atoms with Gasteiger partial charge in [-0.15, -0.1) is 0 Å². The molecule has 24 heavy (non-hydrogen) atoms. The predicted octanol–water partition coefficient (Wildman–Crippen LogP) is 3.62. The van der Waals surface area contributed by atoms with Crippen LogP contribution in [0.4, 0.5) is 0 Å². The number of aryl methyl sites for hydroxylation is 1. The van der Waals surface area contributed by atoms with Gasteiger partial charge in [-0.05, 0) is 54.5 Å². The van der Waals surface area contributed by atoms with Gasteiger partial charge in [-0.1, -0.05) is 30.7 Å². The van der Waals surface area contributed by atoms with E-state index in [9.17, 15) is 4.79 Å². The van der Waals surface area contributed by atoms with Crippen LogP contribution in [-0.4, -0.2) is 14.5 Å². The Morgan fingerprint density at radius 1 is 1.33 bits per heavy atom. The lowest BCUT2D eigenvalue weighted by molar-refractivity contribution is 0.495. The van der Waals surface area contributed by atoms with Gasteiger partial charge in [0, 0.05) is 10.7 Å². The Kier molecular flexibility index (Phi) is 3.85. The standard InChI is InChI=1S/C19H18ClN3O/c1-12-5-6-17-14(7-12)9-16-18(22-17)21-11-23(19(16)24)10-13-3-2-4-15(20)8-13/h2-4,8-9,11-12H,5-7,10H2,1H3/t12-/m0/s1. The molecule has 1 aromatic carbocycles. The van der Waals surface area contributed by atoms with Gasteiger partial charge in [-0.2, -0.15) is 0 Å². The molecule has 0 radical (unpaired) electrons. The lowest BCUT2D eigenvalue weighted by Gasteiger charge is -2.20. The highest BCUT2D eigenvalue weighted by Gasteiger charge is 2.18. The Morgan fingerprint density at radius 2 is 2.21 bits per heavy atom. The maximum Gasteiger partial charge on any atom is 0.263 e. The summed E-state index contributed by atoms with van der Waals surface area (Å²) in [5.74, 6) is 0.641. The highest BCUT2D eigenvalue weighted by atomic mass is 35.5. The van der Waals surface area contributed by atoms with E-state index in [4.69, 9.17) is 11.6 Å². The van der Waals surface area contributed by atoms with Crippen molar-refractivity contribution < 1.29 is 0 Å². The minimum Gasteiger partial charge on any atom is -0.294 e. The molecule has 122 valence electrons. The Morgan fingerprint density at radius 3 is 3.04 bits per heavy atom. The second-order valence-corrected chi connectivity index (χ2v) is 7.06. The summed E-state index contributed by atoms with van der Waals surface area (Å²) in [5, 5.41) is 1.27. The first-order valence-corrected chi connectivity index (χ1v) is 8.60. The number of halogens is 1. The predicted molar refractivity (Wildman–Crippen MR) is 95.5 cm³/mol. The van der Waals surface area contributed by atoms with Crippen LogP contribution in [0, 0.1) is 5.92 Å². The highest BCUT2D eigenvalue weighted by Crippen LogP contribution is 2.25. The molecular formula is C19H18ClN3O. The lowest BCUT2D eigenvalue weighted by atomic mass is 9.87. The molecule has 2 heterocycles. The normalized spacial score (nSPS) is 17.0. The van der Waals surface area contributed by atoms with Crippen LogP contribution in [0.25, 0.3) is 11.0 Å². The monoisotopic (exact) mass is 339 g/mol. The van der Waals surface area contributed by atoms with Crippen LogP contribution in [0.1, 0.15) is 30.2 Å². The molecule has 0 unspecified atom stereocenters. The summed E-state index contributed by atoms with van der Waals surface area (Å²) in [6.07, 6.45) is 4.69. The fourth-order valence-corrected chi connectivity index (χ4v) is 3.58. The quantitative estimate of drug-likeness (QED) is 0.716. The van der Waals surface area contributed by atoms with Crippen molar-refractivity contribution in [2.75, 3.05) is 0 Å². The van der Waals surface area contributed by atoms with Gasteiger partial charge in [0.05, 0.1) is 11.9 Å². The number of aromatic nitrogens is 3. The van der Waals surface area contributed by atoms with Gasteiger partial charge in [-0.3, -0.25) is 9.36 Å². The molecular weight excluding hydrogens is 322 g/mol. The number of benzene rings is 1. The van der Waals surface area contributed by atoms with Crippen LogP contribution < -0.4 is 5.56 Å². The van der Waals surface area contributed by atoms with E-state index < -0.39 is 0 Å². The molecule has 0 bridgehead atoms. The van der Waals surface area contributed by atoms with Crippen LogP contribution >= 0.6 is 11.6 Å². The van der Waals surface area contributed by atoms with Crippen LogP contribution in [0.2, 0.25) is 5.02 Å². The third-order valence-electron chi connectivity index (χ3n) is 4.67. The van der Waals surface area contributed by atoms with Crippen molar-refractivity contribution in [2.45, 2.75) is 32.7 Å². The van der Waals surface area contributed by atoms with E-state index in [1.807, 2.05) is 30.3 Å². The van der Waals surface area contributed by atoms with E-state index in [0.717, 1.165) is 30.5 Å². The molecule has 0 fully saturated rings. The van der Waals surface area contributed by atoms with Gasteiger partial charge >= 0.3 is 0 Å². The van der Waals surface area contributed by atoms with E-state index in [0.29, 0.717) is 28.5 Å². The van der Waals surface area contributed by atoms with E-state index >= 15 is 0 Å². The molecule has 0 aliphatic heterocycles. The van der Waals surface area contributed by atoms with Crippen molar-refractivity contribution in [1.29, 1.82) is 0 Å². The molecule has 4 nitrogen and oxygen atoms in total. The van der Waals surface area contributed by atoms with Crippen molar-refractivity contribution in [3.8, 4) is 0 Å². The fourth-order valence-electron chi connectivity index (χ4n) is 3.37. The first kappa shape index (κ1) is 15.3. The molecule has 0 N–H and O–H groups in total. The summed E-state index contributed by atoms with van der Waals surface area (Å²) in [5.41, 5.74) is 3.77. The maximum atomic E-state index is 12.8. The van der Waals surface area contributed by atoms with E-state index in [-0.39, 0.29) is 5.56 Å². The number of nitrogens with zero attached hydrogens (tertiary/aromatic N) is 3. The van der Waals surface area contributed by atoms with Crippen molar-refractivity contribution in [2.24, 2.45) is 5.92 Å². The molecule has 0 spiro atoms. The summed E-state index contributed by atoms with van der Waals surface area (Å²) in [4.78, 5) is 21.9. The number of pyridine rings is 1. The summed E-state index contributed by atoms with van der Waals surface area (Å²) < 4.78 is 1.62. The molecule has 1 atom stereocenters. The average Bonchev–Trinajstić information content (AvgIpc) is 2.56. The topological polar surface area (TPSA) is 47.8 Å². The number of fused-ring (bicyclic) bond motifs is 2. The molecule has 1 aliphatic carbocycles.